The Morgan fingerprint density at radius 3 is 3.00 bits per heavy atom. The third-order valence-electron chi connectivity index (χ3n) is 2.07. The van der Waals surface area contributed by atoms with Crippen LogP contribution in [0.3, 0.4) is 0 Å². The van der Waals surface area contributed by atoms with E-state index in [4.69, 9.17) is 14.4 Å². The van der Waals surface area contributed by atoms with E-state index in [1.54, 1.807) is 12.3 Å². The van der Waals surface area contributed by atoms with Crippen molar-refractivity contribution in [2.75, 3.05) is 0 Å². The van der Waals surface area contributed by atoms with Crippen molar-refractivity contribution < 1.29 is 19.2 Å². The molecule has 0 saturated carbocycles. The zero-order valence-electron chi connectivity index (χ0n) is 7.56. The third kappa shape index (κ3) is 1.37. The number of oxime groups is 1. The predicted octanol–water partition coefficient (Wildman–Crippen LogP) is 1.17. The van der Waals surface area contributed by atoms with Crippen LogP contribution in [0.1, 0.15) is 17.7 Å². The molecule has 0 radical (unpaired) electrons. The SMILES string of the molecule is Cc1ccoc1C1=NOC(C(=O)O)C1. The standard InChI is InChI=1S/C9H9NO4/c1-5-2-3-13-8(5)6-4-7(9(11)12)14-10-6/h2-3,7H,4H2,1H3,(H,11,12). The summed E-state index contributed by atoms with van der Waals surface area (Å²) in [5, 5.41) is 12.4. The average molecular weight is 195 g/mol. The number of hydrogen-bond acceptors (Lipinski definition) is 4. The van der Waals surface area contributed by atoms with Gasteiger partial charge in [-0.1, -0.05) is 5.16 Å². The number of nitrogens with zero attached hydrogens (tertiary/aromatic N) is 1. The van der Waals surface area contributed by atoms with Gasteiger partial charge in [0.2, 0.25) is 6.10 Å². The lowest BCUT2D eigenvalue weighted by molar-refractivity contribution is -0.148. The Kier molecular flexibility index (Phi) is 1.99. The van der Waals surface area contributed by atoms with E-state index in [0.29, 0.717) is 11.5 Å². The van der Waals surface area contributed by atoms with Gasteiger partial charge < -0.3 is 14.4 Å². The highest BCUT2D eigenvalue weighted by atomic mass is 16.7. The largest absolute Gasteiger partial charge is 0.478 e. The minimum Gasteiger partial charge on any atom is -0.478 e. The maximum Gasteiger partial charge on any atom is 0.348 e. The van der Waals surface area contributed by atoms with Crippen LogP contribution in [-0.2, 0) is 9.63 Å². The summed E-state index contributed by atoms with van der Waals surface area (Å²) in [6.07, 6.45) is 0.917. The topological polar surface area (TPSA) is 72.0 Å². The second-order valence-corrected chi connectivity index (χ2v) is 3.11. The van der Waals surface area contributed by atoms with Crippen molar-refractivity contribution in [1.29, 1.82) is 0 Å². The Hall–Kier alpha value is -1.78. The first-order chi connectivity index (χ1) is 6.68. The lowest BCUT2D eigenvalue weighted by Gasteiger charge is -1.98. The van der Waals surface area contributed by atoms with Crippen LogP contribution in [0.2, 0.25) is 0 Å². The summed E-state index contributed by atoms with van der Waals surface area (Å²) in [6, 6.07) is 1.80. The maximum absolute atomic E-state index is 10.6. The molecule has 1 aromatic rings. The zero-order valence-corrected chi connectivity index (χ0v) is 7.56. The molecule has 74 valence electrons. The molecule has 0 aliphatic carbocycles. The summed E-state index contributed by atoms with van der Waals surface area (Å²) >= 11 is 0. The molecule has 14 heavy (non-hydrogen) atoms. The Morgan fingerprint density at radius 1 is 1.71 bits per heavy atom. The minimum atomic E-state index is -1.01. The number of carbonyl (C=O) groups is 1. The van der Waals surface area contributed by atoms with Crippen LogP contribution in [0.5, 0.6) is 0 Å². The van der Waals surface area contributed by atoms with Gasteiger partial charge in [-0.15, -0.1) is 0 Å². The van der Waals surface area contributed by atoms with E-state index in [1.807, 2.05) is 6.92 Å². The lowest BCUT2D eigenvalue weighted by Crippen LogP contribution is -2.19. The van der Waals surface area contributed by atoms with E-state index >= 15 is 0 Å². The molecular weight excluding hydrogens is 186 g/mol. The van der Waals surface area contributed by atoms with Crippen LogP contribution in [0.15, 0.2) is 21.9 Å². The second-order valence-electron chi connectivity index (χ2n) is 3.11. The molecule has 1 aliphatic heterocycles. The minimum absolute atomic E-state index is 0.254. The Morgan fingerprint density at radius 2 is 2.50 bits per heavy atom. The average Bonchev–Trinajstić information content (AvgIpc) is 2.71. The monoisotopic (exact) mass is 195 g/mol. The van der Waals surface area contributed by atoms with Crippen LogP contribution in [-0.4, -0.2) is 22.9 Å². The molecule has 0 saturated heterocycles. The van der Waals surface area contributed by atoms with Gasteiger partial charge in [0.1, 0.15) is 5.71 Å². The highest BCUT2D eigenvalue weighted by Gasteiger charge is 2.30. The molecule has 5 heteroatoms. The number of rotatable bonds is 2. The fourth-order valence-electron chi connectivity index (χ4n) is 1.31. The van der Waals surface area contributed by atoms with E-state index in [9.17, 15) is 4.79 Å². The summed E-state index contributed by atoms with van der Waals surface area (Å²) in [7, 11) is 0. The maximum atomic E-state index is 10.6. The van der Waals surface area contributed by atoms with E-state index in [2.05, 4.69) is 5.16 Å². The van der Waals surface area contributed by atoms with Gasteiger partial charge in [0.05, 0.1) is 6.26 Å². The van der Waals surface area contributed by atoms with Crippen molar-refractivity contribution in [2.24, 2.45) is 5.16 Å². The summed E-state index contributed by atoms with van der Waals surface area (Å²) in [5.74, 6) is -0.401. The number of hydrogen-bond donors (Lipinski definition) is 1. The number of carboxylic acids is 1. The normalized spacial score (nSPS) is 20.4. The van der Waals surface area contributed by atoms with E-state index in [1.165, 1.54) is 0 Å². The van der Waals surface area contributed by atoms with E-state index < -0.39 is 12.1 Å². The molecule has 1 aliphatic rings. The molecule has 0 bridgehead atoms. The summed E-state index contributed by atoms with van der Waals surface area (Å²) in [6.45, 7) is 1.87. The quantitative estimate of drug-likeness (QED) is 0.768. The molecule has 2 heterocycles. The first kappa shape index (κ1) is 8.80. The van der Waals surface area contributed by atoms with Crippen molar-refractivity contribution in [3.63, 3.8) is 0 Å². The molecule has 1 aromatic heterocycles. The van der Waals surface area contributed by atoms with Crippen molar-refractivity contribution in [3.8, 4) is 0 Å². The smallest absolute Gasteiger partial charge is 0.348 e. The Balaban J connectivity index is 2.17. The highest BCUT2D eigenvalue weighted by Crippen LogP contribution is 2.19. The Bertz CT molecular complexity index is 393. The van der Waals surface area contributed by atoms with E-state index in [0.717, 1.165) is 5.56 Å². The van der Waals surface area contributed by atoms with Gasteiger partial charge in [0, 0.05) is 6.42 Å². The highest BCUT2D eigenvalue weighted by molar-refractivity contribution is 6.02. The molecule has 0 fully saturated rings. The van der Waals surface area contributed by atoms with Crippen LogP contribution in [0, 0.1) is 6.92 Å². The van der Waals surface area contributed by atoms with Crippen LogP contribution >= 0.6 is 0 Å². The number of carboxylic acid groups (broad SMARTS) is 1. The number of aliphatic carboxylic acids is 1. The molecular formula is C9H9NO4. The molecule has 0 spiro atoms. The lowest BCUT2D eigenvalue weighted by atomic mass is 10.1. The molecule has 5 nitrogen and oxygen atoms in total. The number of aryl methyl sites for hydroxylation is 1. The summed E-state index contributed by atoms with van der Waals surface area (Å²) < 4.78 is 5.17. The summed E-state index contributed by atoms with van der Waals surface area (Å²) in [4.78, 5) is 15.3. The molecule has 1 unspecified atom stereocenters. The van der Waals surface area contributed by atoms with Gasteiger partial charge in [0.15, 0.2) is 5.76 Å². The summed E-state index contributed by atoms with van der Waals surface area (Å²) in [5.41, 5.74) is 1.48. The molecule has 0 aromatic carbocycles. The molecule has 2 rings (SSSR count). The van der Waals surface area contributed by atoms with Gasteiger partial charge in [-0.3, -0.25) is 0 Å². The first-order valence-corrected chi connectivity index (χ1v) is 4.18. The van der Waals surface area contributed by atoms with Gasteiger partial charge in [-0.2, -0.15) is 0 Å². The van der Waals surface area contributed by atoms with E-state index in [-0.39, 0.29) is 6.42 Å². The van der Waals surface area contributed by atoms with Gasteiger partial charge >= 0.3 is 5.97 Å². The second kappa shape index (κ2) is 3.17. The fourth-order valence-corrected chi connectivity index (χ4v) is 1.31. The van der Waals surface area contributed by atoms with Crippen molar-refractivity contribution in [1.82, 2.24) is 0 Å². The van der Waals surface area contributed by atoms with Crippen LogP contribution in [0.25, 0.3) is 0 Å². The number of furan rings is 1. The molecule has 1 atom stereocenters. The van der Waals surface area contributed by atoms with Crippen molar-refractivity contribution in [3.05, 3.63) is 23.7 Å². The predicted molar refractivity (Wildman–Crippen MR) is 47.1 cm³/mol. The fraction of sp³-hybridized carbons (Fsp3) is 0.333. The van der Waals surface area contributed by atoms with Gasteiger partial charge in [-0.25, -0.2) is 4.79 Å². The Labute approximate surface area is 80.0 Å². The van der Waals surface area contributed by atoms with Gasteiger partial charge in [-0.05, 0) is 18.6 Å². The zero-order chi connectivity index (χ0) is 10.1. The first-order valence-electron chi connectivity index (χ1n) is 4.18. The van der Waals surface area contributed by atoms with Crippen LogP contribution in [0.4, 0.5) is 0 Å². The van der Waals surface area contributed by atoms with Crippen molar-refractivity contribution in [2.45, 2.75) is 19.4 Å². The molecule has 1 N–H and O–H groups in total. The molecule has 0 amide bonds. The third-order valence-corrected chi connectivity index (χ3v) is 2.07. The van der Waals surface area contributed by atoms with Gasteiger partial charge in [0.25, 0.3) is 0 Å². The van der Waals surface area contributed by atoms with Crippen molar-refractivity contribution >= 4 is 11.7 Å². The van der Waals surface area contributed by atoms with Crippen LogP contribution < -0.4 is 0 Å².